The zero-order valence-electron chi connectivity index (χ0n) is 40.4. The largest absolute Gasteiger partial charge is 0.462 e. The Bertz CT molecular complexity index is 950. The third-order valence-electron chi connectivity index (χ3n) is 12.3. The molecule has 3 atom stereocenters. The molecule has 0 saturated carbocycles. The molecule has 6 nitrogen and oxygen atoms in total. The van der Waals surface area contributed by atoms with E-state index in [0.29, 0.717) is 19.3 Å². The number of esters is 1. The van der Waals surface area contributed by atoms with E-state index in [0.717, 1.165) is 70.6 Å². The second-order valence-corrected chi connectivity index (χ2v) is 18.3. The second kappa shape index (κ2) is 48.4. The van der Waals surface area contributed by atoms with Crippen LogP contribution in [0.15, 0.2) is 24.3 Å². The van der Waals surface area contributed by atoms with Gasteiger partial charge in [0, 0.05) is 6.42 Å². The van der Waals surface area contributed by atoms with Crippen molar-refractivity contribution < 1.29 is 24.5 Å². The summed E-state index contributed by atoms with van der Waals surface area (Å²) in [6, 6.07) is -0.703. The van der Waals surface area contributed by atoms with Crippen LogP contribution in [0.3, 0.4) is 0 Å². The summed E-state index contributed by atoms with van der Waals surface area (Å²) in [5, 5.41) is 23.8. The predicted octanol–water partition coefficient (Wildman–Crippen LogP) is 15.9. The third-order valence-corrected chi connectivity index (χ3v) is 12.3. The van der Waals surface area contributed by atoms with Crippen molar-refractivity contribution in [2.24, 2.45) is 0 Å². The number of unbranched alkanes of at least 4 members (excludes halogenated alkanes) is 32. The van der Waals surface area contributed by atoms with E-state index in [1.165, 1.54) is 167 Å². The summed E-state index contributed by atoms with van der Waals surface area (Å²) in [5.74, 6) is -0.490. The van der Waals surface area contributed by atoms with Gasteiger partial charge in [0.05, 0.1) is 25.2 Å². The van der Waals surface area contributed by atoms with Gasteiger partial charge in [0.2, 0.25) is 5.91 Å². The topological polar surface area (TPSA) is 95.9 Å². The highest BCUT2D eigenvalue weighted by Crippen LogP contribution is 2.18. The lowest BCUT2D eigenvalue weighted by atomic mass is 10.0. The molecule has 0 aliphatic heterocycles. The third kappa shape index (κ3) is 43.0. The Morgan fingerprint density at radius 1 is 0.467 bits per heavy atom. The number of hydrogen-bond acceptors (Lipinski definition) is 5. The lowest BCUT2D eigenvalue weighted by Gasteiger charge is -2.24. The first kappa shape index (κ1) is 58.3. The fourth-order valence-electron chi connectivity index (χ4n) is 8.17. The maximum atomic E-state index is 13.2. The molecule has 0 aliphatic rings. The molecule has 3 N–H and O–H groups in total. The minimum absolute atomic E-state index is 0.0669. The summed E-state index contributed by atoms with van der Waals surface area (Å²) in [7, 11) is 0. The number of amides is 1. The van der Waals surface area contributed by atoms with Gasteiger partial charge in [-0.1, -0.05) is 225 Å². The van der Waals surface area contributed by atoms with Gasteiger partial charge >= 0.3 is 5.97 Å². The minimum atomic E-state index is -0.789. The number of carbonyl (C=O) groups excluding carboxylic acids is 2. The van der Waals surface area contributed by atoms with Crippen LogP contribution in [0.1, 0.15) is 284 Å². The molecule has 0 aromatic carbocycles. The van der Waals surface area contributed by atoms with Crippen LogP contribution in [-0.2, 0) is 14.3 Å². The summed E-state index contributed by atoms with van der Waals surface area (Å²) in [5.41, 5.74) is 0. The Morgan fingerprint density at radius 3 is 1.25 bits per heavy atom. The van der Waals surface area contributed by atoms with Crippen molar-refractivity contribution in [2.45, 2.75) is 302 Å². The van der Waals surface area contributed by atoms with Gasteiger partial charge in [0.1, 0.15) is 6.10 Å². The standard InChI is InChI=1S/C54H103NO5/c1-4-7-10-13-16-19-21-23-25-27-29-31-34-37-40-43-46-52(57)51(49-56)55-53(58)48-50(45-42-39-36-33-18-15-12-9-6-3)60-54(59)47-44-41-38-35-32-30-28-26-24-22-20-17-14-11-8-5-2/h15,18,26,28,50-52,56-57H,4-14,16-17,19-25,27,29-49H2,1-3H3,(H,55,58)/b18-15-,28-26+. The van der Waals surface area contributed by atoms with Gasteiger partial charge in [0.25, 0.3) is 0 Å². The van der Waals surface area contributed by atoms with Crippen molar-refractivity contribution in [3.63, 3.8) is 0 Å². The molecular weight excluding hydrogens is 743 g/mol. The van der Waals surface area contributed by atoms with E-state index >= 15 is 0 Å². The van der Waals surface area contributed by atoms with Crippen molar-refractivity contribution >= 4 is 11.9 Å². The summed E-state index contributed by atoms with van der Waals surface area (Å²) in [4.78, 5) is 26.1. The van der Waals surface area contributed by atoms with E-state index in [1.54, 1.807) is 0 Å². The molecule has 1 amide bonds. The summed E-state index contributed by atoms with van der Waals surface area (Å²) >= 11 is 0. The first-order valence-corrected chi connectivity index (χ1v) is 26.6. The molecule has 60 heavy (non-hydrogen) atoms. The summed E-state index contributed by atoms with van der Waals surface area (Å²) < 4.78 is 5.91. The van der Waals surface area contributed by atoms with E-state index in [4.69, 9.17) is 4.74 Å². The molecule has 0 radical (unpaired) electrons. The van der Waals surface area contributed by atoms with Crippen LogP contribution < -0.4 is 5.32 Å². The quantitative estimate of drug-likeness (QED) is 0.0322. The molecule has 0 heterocycles. The fourth-order valence-corrected chi connectivity index (χ4v) is 8.17. The van der Waals surface area contributed by atoms with Crippen molar-refractivity contribution in [3.05, 3.63) is 24.3 Å². The van der Waals surface area contributed by atoms with E-state index in [1.807, 2.05) is 0 Å². The van der Waals surface area contributed by atoms with Gasteiger partial charge in [-0.15, -0.1) is 0 Å². The van der Waals surface area contributed by atoms with Crippen molar-refractivity contribution in [1.82, 2.24) is 5.32 Å². The lowest BCUT2D eigenvalue weighted by molar-refractivity contribution is -0.151. The maximum Gasteiger partial charge on any atom is 0.306 e. The Hall–Kier alpha value is -1.66. The van der Waals surface area contributed by atoms with Gasteiger partial charge in [-0.05, 0) is 70.6 Å². The van der Waals surface area contributed by atoms with Crippen molar-refractivity contribution in [1.29, 1.82) is 0 Å². The average molecular weight is 846 g/mol. The van der Waals surface area contributed by atoms with Gasteiger partial charge in [-0.3, -0.25) is 9.59 Å². The van der Waals surface area contributed by atoms with Gasteiger partial charge < -0.3 is 20.3 Å². The number of rotatable bonds is 48. The van der Waals surface area contributed by atoms with Gasteiger partial charge in [-0.2, -0.15) is 0 Å². The SMILES string of the molecule is CCCC/C=C\CCCCCC(CC(=O)NC(CO)C(O)CCCCCCCCCCCCCCCCCC)OC(=O)CCCCCCC/C=C/CCCCCCCCC. The normalized spacial score (nSPS) is 13.3. The van der Waals surface area contributed by atoms with Crippen LogP contribution in [0.4, 0.5) is 0 Å². The lowest BCUT2D eigenvalue weighted by Crippen LogP contribution is -2.46. The molecule has 0 rings (SSSR count). The van der Waals surface area contributed by atoms with Crippen LogP contribution in [0.25, 0.3) is 0 Å². The number of ether oxygens (including phenoxy) is 1. The van der Waals surface area contributed by atoms with Gasteiger partial charge in [-0.25, -0.2) is 0 Å². The minimum Gasteiger partial charge on any atom is -0.462 e. The first-order valence-electron chi connectivity index (χ1n) is 26.6. The van der Waals surface area contributed by atoms with Crippen molar-refractivity contribution in [2.75, 3.05) is 6.61 Å². The molecule has 0 aliphatic carbocycles. The number of carbonyl (C=O) groups is 2. The highest BCUT2D eigenvalue weighted by Gasteiger charge is 2.24. The number of aliphatic hydroxyl groups excluding tert-OH is 2. The highest BCUT2D eigenvalue weighted by atomic mass is 16.5. The number of aliphatic hydroxyl groups is 2. The van der Waals surface area contributed by atoms with Crippen LogP contribution in [-0.4, -0.2) is 46.9 Å². The molecule has 354 valence electrons. The highest BCUT2D eigenvalue weighted by molar-refractivity contribution is 5.77. The van der Waals surface area contributed by atoms with Gasteiger partial charge in [0.15, 0.2) is 0 Å². The molecule has 0 aromatic rings. The Kier molecular flexibility index (Phi) is 47.0. The van der Waals surface area contributed by atoms with Crippen LogP contribution in [0.5, 0.6) is 0 Å². The Labute approximate surface area is 373 Å². The second-order valence-electron chi connectivity index (χ2n) is 18.3. The molecular formula is C54H103NO5. The monoisotopic (exact) mass is 846 g/mol. The Morgan fingerprint density at radius 2 is 0.817 bits per heavy atom. The van der Waals surface area contributed by atoms with E-state index < -0.39 is 18.2 Å². The van der Waals surface area contributed by atoms with Crippen LogP contribution in [0, 0.1) is 0 Å². The Balaban J connectivity index is 4.42. The first-order chi connectivity index (χ1) is 29.5. The molecule has 0 fully saturated rings. The van der Waals surface area contributed by atoms with E-state index in [2.05, 4.69) is 50.4 Å². The maximum absolute atomic E-state index is 13.2. The molecule has 0 aromatic heterocycles. The van der Waals surface area contributed by atoms with Crippen LogP contribution in [0.2, 0.25) is 0 Å². The molecule has 0 saturated heterocycles. The zero-order chi connectivity index (χ0) is 43.8. The molecule has 3 unspecified atom stereocenters. The zero-order valence-corrected chi connectivity index (χ0v) is 40.4. The molecule has 0 bridgehead atoms. The summed E-state index contributed by atoms with van der Waals surface area (Å²) in [6.07, 6.45) is 55.3. The predicted molar refractivity (Wildman–Crippen MR) is 260 cm³/mol. The smallest absolute Gasteiger partial charge is 0.306 e. The van der Waals surface area contributed by atoms with Crippen LogP contribution >= 0.6 is 0 Å². The van der Waals surface area contributed by atoms with Crippen molar-refractivity contribution in [3.8, 4) is 0 Å². The molecule has 0 spiro atoms. The fraction of sp³-hybridized carbons (Fsp3) is 0.889. The summed E-state index contributed by atoms with van der Waals surface area (Å²) in [6.45, 7) is 6.45. The number of nitrogens with one attached hydrogen (secondary N) is 1. The van der Waals surface area contributed by atoms with E-state index in [9.17, 15) is 19.8 Å². The molecule has 6 heteroatoms. The van der Waals surface area contributed by atoms with E-state index in [-0.39, 0.29) is 24.9 Å². The average Bonchev–Trinajstić information content (AvgIpc) is 3.24. The number of allylic oxidation sites excluding steroid dienone is 4. The number of hydrogen-bond donors (Lipinski definition) is 3.